The highest BCUT2D eigenvalue weighted by Crippen LogP contribution is 2.42. The molecule has 0 aliphatic rings. The predicted molar refractivity (Wildman–Crippen MR) is 51.4 cm³/mol. The van der Waals surface area contributed by atoms with Crippen LogP contribution in [-0.4, -0.2) is 31.5 Å². The van der Waals surface area contributed by atoms with Gasteiger partial charge in [-0.25, -0.2) is 4.39 Å². The van der Waals surface area contributed by atoms with Crippen LogP contribution in [0.2, 0.25) is 0 Å². The zero-order valence-electron chi connectivity index (χ0n) is 7.95. The van der Waals surface area contributed by atoms with E-state index < -0.39 is 31.5 Å². The third kappa shape index (κ3) is 3.37. The molecule has 0 aliphatic heterocycles. The Morgan fingerprint density at radius 2 is 2.12 bits per heavy atom. The third-order valence-corrected chi connectivity index (χ3v) is 3.10. The minimum atomic E-state index is -4.74. The summed E-state index contributed by atoms with van der Waals surface area (Å²) in [5.41, 5.74) is -1.75. The Bertz CT molecular complexity index is 429. The van der Waals surface area contributed by atoms with Gasteiger partial charge in [-0.05, 0) is 12.1 Å². The number of carbonyl (C=O) groups is 1. The molecule has 0 saturated heterocycles. The molecule has 0 bridgehead atoms. The number of aliphatic carboxylic acids is 1. The molecule has 8 heteroatoms. The van der Waals surface area contributed by atoms with Gasteiger partial charge in [0.05, 0.1) is 6.20 Å². The largest absolute Gasteiger partial charge is 0.481 e. The highest BCUT2D eigenvalue weighted by molar-refractivity contribution is 7.53. The van der Waals surface area contributed by atoms with Crippen LogP contribution in [0.5, 0.6) is 0 Å². The molecule has 1 heterocycles. The van der Waals surface area contributed by atoms with Crippen molar-refractivity contribution >= 4 is 13.6 Å². The van der Waals surface area contributed by atoms with Gasteiger partial charge in [0, 0.05) is 12.1 Å². The maximum atomic E-state index is 12.5. The lowest BCUT2D eigenvalue weighted by Crippen LogP contribution is -2.23. The molecule has 1 aromatic heterocycles. The van der Waals surface area contributed by atoms with Crippen LogP contribution < -0.4 is 0 Å². The SMILES string of the molecule is O=C(O)C(Cc1ccc(F)cn1)P(=O)(O)O. The summed E-state index contributed by atoms with van der Waals surface area (Å²) >= 11 is 0. The lowest BCUT2D eigenvalue weighted by molar-refractivity contribution is -0.136. The maximum Gasteiger partial charge on any atom is 0.340 e. The fourth-order valence-electron chi connectivity index (χ4n) is 1.08. The van der Waals surface area contributed by atoms with Crippen molar-refractivity contribution in [3.8, 4) is 0 Å². The van der Waals surface area contributed by atoms with Crippen molar-refractivity contribution in [1.82, 2.24) is 4.98 Å². The van der Waals surface area contributed by atoms with Gasteiger partial charge in [-0.15, -0.1) is 0 Å². The molecular weight excluding hydrogens is 240 g/mol. The first-order chi connectivity index (χ1) is 7.30. The molecule has 1 atom stereocenters. The molecule has 6 nitrogen and oxygen atoms in total. The highest BCUT2D eigenvalue weighted by atomic mass is 31.2. The van der Waals surface area contributed by atoms with Crippen molar-refractivity contribution in [2.45, 2.75) is 12.1 Å². The number of nitrogens with zero attached hydrogens (tertiary/aromatic N) is 1. The fraction of sp³-hybridized carbons (Fsp3) is 0.250. The molecule has 1 unspecified atom stereocenters. The molecule has 0 aliphatic carbocycles. The van der Waals surface area contributed by atoms with E-state index in [2.05, 4.69) is 4.98 Å². The Kier molecular flexibility index (Phi) is 3.74. The molecule has 0 saturated carbocycles. The van der Waals surface area contributed by atoms with Gasteiger partial charge in [-0.1, -0.05) is 0 Å². The lowest BCUT2D eigenvalue weighted by Gasteiger charge is -2.13. The van der Waals surface area contributed by atoms with Crippen molar-refractivity contribution in [3.05, 3.63) is 29.8 Å². The monoisotopic (exact) mass is 249 g/mol. The zero-order chi connectivity index (χ0) is 12.3. The second-order valence-electron chi connectivity index (χ2n) is 3.12. The lowest BCUT2D eigenvalue weighted by atomic mass is 10.2. The van der Waals surface area contributed by atoms with Crippen LogP contribution in [0, 0.1) is 5.82 Å². The predicted octanol–water partition coefficient (Wildman–Crippen LogP) is 0.394. The summed E-state index contributed by atoms with van der Waals surface area (Å²) in [7, 11) is -4.74. The first-order valence-corrected chi connectivity index (χ1v) is 5.87. The number of halogens is 1. The van der Waals surface area contributed by atoms with Crippen LogP contribution in [0.1, 0.15) is 5.69 Å². The normalized spacial score (nSPS) is 13.4. The van der Waals surface area contributed by atoms with Crippen LogP contribution in [-0.2, 0) is 15.8 Å². The van der Waals surface area contributed by atoms with Gasteiger partial charge in [0.15, 0.2) is 5.66 Å². The average Bonchev–Trinajstić information content (AvgIpc) is 2.14. The summed E-state index contributed by atoms with van der Waals surface area (Å²) in [6.45, 7) is 0. The van der Waals surface area contributed by atoms with Gasteiger partial charge in [-0.2, -0.15) is 0 Å². The van der Waals surface area contributed by atoms with E-state index in [9.17, 15) is 13.8 Å². The van der Waals surface area contributed by atoms with Crippen molar-refractivity contribution in [2.24, 2.45) is 0 Å². The van der Waals surface area contributed by atoms with Gasteiger partial charge in [0.2, 0.25) is 0 Å². The third-order valence-electron chi connectivity index (χ3n) is 1.88. The number of carboxylic acid groups (broad SMARTS) is 1. The van der Waals surface area contributed by atoms with E-state index in [-0.39, 0.29) is 5.69 Å². The van der Waals surface area contributed by atoms with Crippen LogP contribution >= 0.6 is 7.60 Å². The molecule has 0 spiro atoms. The van der Waals surface area contributed by atoms with Crippen LogP contribution in [0.25, 0.3) is 0 Å². The number of rotatable bonds is 4. The fourth-order valence-corrected chi connectivity index (χ4v) is 1.79. The number of aromatic nitrogens is 1. The van der Waals surface area contributed by atoms with Gasteiger partial charge in [0.25, 0.3) is 0 Å². The van der Waals surface area contributed by atoms with E-state index in [1.807, 2.05) is 0 Å². The van der Waals surface area contributed by atoms with Crippen LogP contribution in [0.3, 0.4) is 0 Å². The molecule has 16 heavy (non-hydrogen) atoms. The van der Waals surface area contributed by atoms with Crippen molar-refractivity contribution < 1.29 is 28.6 Å². The van der Waals surface area contributed by atoms with E-state index in [1.54, 1.807) is 0 Å². The number of hydrogen-bond donors (Lipinski definition) is 3. The van der Waals surface area contributed by atoms with Gasteiger partial charge in [-0.3, -0.25) is 14.3 Å². The Labute approximate surface area is 89.9 Å². The van der Waals surface area contributed by atoms with Gasteiger partial charge in [0.1, 0.15) is 5.82 Å². The van der Waals surface area contributed by atoms with E-state index in [1.165, 1.54) is 6.07 Å². The summed E-state index contributed by atoms with van der Waals surface area (Å²) in [4.78, 5) is 31.7. The summed E-state index contributed by atoms with van der Waals surface area (Å²) in [5.74, 6) is -2.22. The Morgan fingerprint density at radius 3 is 2.50 bits per heavy atom. The summed E-state index contributed by atoms with van der Waals surface area (Å²) in [6, 6.07) is 2.22. The summed E-state index contributed by atoms with van der Waals surface area (Å²) in [5, 5.41) is 8.63. The smallest absolute Gasteiger partial charge is 0.340 e. The van der Waals surface area contributed by atoms with Crippen molar-refractivity contribution in [3.63, 3.8) is 0 Å². The van der Waals surface area contributed by atoms with Crippen molar-refractivity contribution in [2.75, 3.05) is 0 Å². The molecule has 0 aromatic carbocycles. The Balaban J connectivity index is 2.89. The van der Waals surface area contributed by atoms with Crippen LogP contribution in [0.15, 0.2) is 18.3 Å². The topological polar surface area (TPSA) is 108 Å². The zero-order valence-corrected chi connectivity index (χ0v) is 8.84. The minimum Gasteiger partial charge on any atom is -0.481 e. The molecule has 88 valence electrons. The van der Waals surface area contributed by atoms with E-state index in [4.69, 9.17) is 14.9 Å². The van der Waals surface area contributed by atoms with E-state index in [0.717, 1.165) is 12.3 Å². The molecule has 1 aromatic rings. The number of carboxylic acids is 1. The molecule has 0 fully saturated rings. The van der Waals surface area contributed by atoms with Crippen LogP contribution in [0.4, 0.5) is 4.39 Å². The molecular formula is C8H9FNO5P. The van der Waals surface area contributed by atoms with E-state index in [0.29, 0.717) is 0 Å². The first kappa shape index (κ1) is 12.8. The number of hydrogen-bond acceptors (Lipinski definition) is 3. The van der Waals surface area contributed by atoms with Crippen molar-refractivity contribution in [1.29, 1.82) is 0 Å². The molecule has 3 N–H and O–H groups in total. The second kappa shape index (κ2) is 4.69. The maximum absolute atomic E-state index is 12.5. The summed E-state index contributed by atoms with van der Waals surface area (Å²) in [6.07, 6.45) is 0.411. The first-order valence-electron chi connectivity index (χ1n) is 4.19. The minimum absolute atomic E-state index is 0.108. The average molecular weight is 249 g/mol. The summed E-state index contributed by atoms with van der Waals surface area (Å²) < 4.78 is 23.3. The molecule has 0 radical (unpaired) electrons. The Hall–Kier alpha value is -1.30. The Morgan fingerprint density at radius 1 is 1.50 bits per heavy atom. The van der Waals surface area contributed by atoms with E-state index >= 15 is 0 Å². The second-order valence-corrected chi connectivity index (χ2v) is 4.92. The molecule has 1 rings (SSSR count). The van der Waals surface area contributed by atoms with Gasteiger partial charge >= 0.3 is 13.6 Å². The standard InChI is InChI=1S/C8H9FNO5P/c9-5-1-2-6(10-4-5)3-7(8(11)12)16(13,14)15/h1-2,4,7H,3H2,(H,11,12)(H2,13,14,15). The van der Waals surface area contributed by atoms with Gasteiger partial charge < -0.3 is 14.9 Å². The highest BCUT2D eigenvalue weighted by Gasteiger charge is 2.35. The number of pyridine rings is 1. The quantitative estimate of drug-likeness (QED) is 0.666. The molecule has 0 amide bonds.